The van der Waals surface area contributed by atoms with E-state index in [1.165, 1.54) is 12.1 Å². The molecule has 2 rings (SSSR count). The molecule has 1 aromatic heterocycles. The van der Waals surface area contributed by atoms with Gasteiger partial charge in [-0.15, -0.1) is 0 Å². The molecule has 0 aliphatic heterocycles. The summed E-state index contributed by atoms with van der Waals surface area (Å²) in [6.45, 7) is 0. The number of rotatable bonds is 1. The quantitative estimate of drug-likeness (QED) is 0.695. The molecule has 0 amide bonds. The predicted molar refractivity (Wildman–Crippen MR) is 57.9 cm³/mol. The van der Waals surface area contributed by atoms with Crippen LogP contribution in [0.5, 0.6) is 5.75 Å². The summed E-state index contributed by atoms with van der Waals surface area (Å²) in [5, 5.41) is 9.05. The molecule has 7 heteroatoms. The van der Waals surface area contributed by atoms with Gasteiger partial charge in [-0.2, -0.15) is 4.98 Å². The number of nitrogen functional groups attached to an aromatic ring is 2. The van der Waals surface area contributed by atoms with Crippen molar-refractivity contribution in [2.45, 2.75) is 0 Å². The number of benzene rings is 1. The van der Waals surface area contributed by atoms with Gasteiger partial charge in [0.1, 0.15) is 17.3 Å². The number of aromatic nitrogens is 2. The number of nitrogens with zero attached hydrogens (tertiary/aromatic N) is 2. The van der Waals surface area contributed by atoms with Gasteiger partial charge < -0.3 is 16.6 Å². The van der Waals surface area contributed by atoms with Gasteiger partial charge >= 0.3 is 0 Å². The van der Waals surface area contributed by atoms with E-state index in [-0.39, 0.29) is 23.0 Å². The lowest BCUT2D eigenvalue weighted by atomic mass is 10.1. The van der Waals surface area contributed by atoms with Crippen molar-refractivity contribution in [1.82, 2.24) is 9.97 Å². The molecule has 5 N–H and O–H groups in total. The van der Waals surface area contributed by atoms with E-state index in [1.807, 2.05) is 0 Å². The average Bonchev–Trinajstić information content (AvgIpc) is 2.24. The van der Waals surface area contributed by atoms with Crippen LogP contribution in [0.1, 0.15) is 0 Å². The average molecular weight is 238 g/mol. The molecule has 0 aliphatic rings. The van der Waals surface area contributed by atoms with Crippen LogP contribution >= 0.6 is 0 Å². The molecule has 0 fully saturated rings. The van der Waals surface area contributed by atoms with Gasteiger partial charge in [0.15, 0.2) is 11.6 Å². The summed E-state index contributed by atoms with van der Waals surface area (Å²) < 4.78 is 27.1. The van der Waals surface area contributed by atoms with Crippen molar-refractivity contribution in [2.75, 3.05) is 11.5 Å². The topological polar surface area (TPSA) is 98.0 Å². The molecular weight excluding hydrogens is 230 g/mol. The summed E-state index contributed by atoms with van der Waals surface area (Å²) >= 11 is 0. The van der Waals surface area contributed by atoms with Gasteiger partial charge in [-0.1, -0.05) is 0 Å². The summed E-state index contributed by atoms with van der Waals surface area (Å²) in [4.78, 5) is 6.99. The molecule has 1 aromatic carbocycles. The molecule has 0 radical (unpaired) electrons. The molecule has 0 aliphatic carbocycles. The first-order valence-electron chi connectivity index (χ1n) is 4.56. The van der Waals surface area contributed by atoms with Gasteiger partial charge in [0.05, 0.1) is 0 Å². The summed E-state index contributed by atoms with van der Waals surface area (Å²) in [7, 11) is 0. The standard InChI is InChI=1S/C10H8F2N4O/c11-6-3-4(17)1-2-5(6)8-7(12)9(13)16-10(14)15-8/h1-3,17H,(H4,13,14,15,16). The first kappa shape index (κ1) is 11.1. The van der Waals surface area contributed by atoms with Crippen LogP contribution in [-0.4, -0.2) is 15.1 Å². The number of phenols is 1. The molecule has 0 unspecified atom stereocenters. The zero-order valence-corrected chi connectivity index (χ0v) is 8.48. The first-order chi connectivity index (χ1) is 7.99. The van der Waals surface area contributed by atoms with E-state index in [1.54, 1.807) is 0 Å². The van der Waals surface area contributed by atoms with E-state index in [9.17, 15) is 8.78 Å². The van der Waals surface area contributed by atoms with Gasteiger partial charge in [-0.25, -0.2) is 13.8 Å². The Balaban J connectivity index is 2.68. The SMILES string of the molecule is Nc1nc(N)c(F)c(-c2ccc(O)cc2F)n1. The molecule has 0 spiro atoms. The summed E-state index contributed by atoms with van der Waals surface area (Å²) in [6.07, 6.45) is 0. The highest BCUT2D eigenvalue weighted by Gasteiger charge is 2.16. The van der Waals surface area contributed by atoms with Crippen molar-refractivity contribution in [1.29, 1.82) is 0 Å². The highest BCUT2D eigenvalue weighted by atomic mass is 19.1. The van der Waals surface area contributed by atoms with Crippen LogP contribution in [0, 0.1) is 11.6 Å². The zero-order chi connectivity index (χ0) is 12.6. The summed E-state index contributed by atoms with van der Waals surface area (Å²) in [5.41, 5.74) is 10.1. The molecule has 88 valence electrons. The van der Waals surface area contributed by atoms with Crippen molar-refractivity contribution in [3.8, 4) is 17.0 Å². The molecule has 0 saturated heterocycles. The van der Waals surface area contributed by atoms with Crippen molar-refractivity contribution in [3.63, 3.8) is 0 Å². The maximum absolute atomic E-state index is 13.6. The van der Waals surface area contributed by atoms with Crippen molar-refractivity contribution in [3.05, 3.63) is 29.8 Å². The van der Waals surface area contributed by atoms with Crippen molar-refractivity contribution < 1.29 is 13.9 Å². The third kappa shape index (κ3) is 1.94. The Morgan fingerprint density at radius 1 is 1.12 bits per heavy atom. The number of halogens is 2. The van der Waals surface area contributed by atoms with Crippen LogP contribution in [0.25, 0.3) is 11.3 Å². The second-order valence-electron chi connectivity index (χ2n) is 3.29. The van der Waals surface area contributed by atoms with Crippen LogP contribution < -0.4 is 11.5 Å². The van der Waals surface area contributed by atoms with Crippen molar-refractivity contribution in [2.24, 2.45) is 0 Å². The fourth-order valence-corrected chi connectivity index (χ4v) is 1.36. The smallest absolute Gasteiger partial charge is 0.222 e. The van der Waals surface area contributed by atoms with Gasteiger partial charge in [-0.3, -0.25) is 0 Å². The Labute approximate surface area is 94.7 Å². The van der Waals surface area contributed by atoms with Crippen molar-refractivity contribution >= 4 is 11.8 Å². The lowest BCUT2D eigenvalue weighted by Crippen LogP contribution is -2.05. The minimum absolute atomic E-state index is 0.152. The fourth-order valence-electron chi connectivity index (χ4n) is 1.36. The second-order valence-corrected chi connectivity index (χ2v) is 3.29. The van der Waals surface area contributed by atoms with E-state index < -0.39 is 17.5 Å². The largest absolute Gasteiger partial charge is 0.508 e. The Morgan fingerprint density at radius 2 is 1.82 bits per heavy atom. The van der Waals surface area contributed by atoms with Gasteiger partial charge in [0.2, 0.25) is 5.95 Å². The fraction of sp³-hybridized carbons (Fsp3) is 0. The number of anilines is 2. The Morgan fingerprint density at radius 3 is 2.47 bits per heavy atom. The lowest BCUT2D eigenvalue weighted by Gasteiger charge is -2.06. The second kappa shape index (κ2) is 3.85. The highest BCUT2D eigenvalue weighted by molar-refractivity contribution is 5.65. The van der Waals surface area contributed by atoms with E-state index in [0.29, 0.717) is 0 Å². The Bertz CT molecular complexity index is 589. The third-order valence-electron chi connectivity index (χ3n) is 2.10. The third-order valence-corrected chi connectivity index (χ3v) is 2.10. The van der Waals surface area contributed by atoms with Gasteiger partial charge in [0.25, 0.3) is 0 Å². The number of hydrogen-bond donors (Lipinski definition) is 3. The normalized spacial score (nSPS) is 10.5. The molecule has 5 nitrogen and oxygen atoms in total. The van der Waals surface area contributed by atoms with Crippen LogP contribution in [-0.2, 0) is 0 Å². The Hall–Kier alpha value is -2.44. The molecule has 2 aromatic rings. The van der Waals surface area contributed by atoms with Crippen LogP contribution in [0.2, 0.25) is 0 Å². The Kier molecular flexibility index (Phi) is 2.51. The van der Waals surface area contributed by atoms with E-state index >= 15 is 0 Å². The molecule has 0 atom stereocenters. The number of hydrogen-bond acceptors (Lipinski definition) is 5. The first-order valence-corrected chi connectivity index (χ1v) is 4.56. The van der Waals surface area contributed by atoms with E-state index in [4.69, 9.17) is 16.6 Å². The van der Waals surface area contributed by atoms with E-state index in [0.717, 1.165) is 6.07 Å². The highest BCUT2D eigenvalue weighted by Crippen LogP contribution is 2.28. The number of phenolic OH excluding ortho intramolecular Hbond substituents is 1. The molecule has 0 bridgehead atoms. The zero-order valence-electron chi connectivity index (χ0n) is 8.48. The summed E-state index contributed by atoms with van der Waals surface area (Å²) in [6, 6.07) is 3.21. The minimum atomic E-state index is -0.955. The van der Waals surface area contributed by atoms with Crippen LogP contribution in [0.4, 0.5) is 20.5 Å². The lowest BCUT2D eigenvalue weighted by molar-refractivity contribution is 0.469. The molecular formula is C10H8F2N4O. The maximum Gasteiger partial charge on any atom is 0.222 e. The van der Waals surface area contributed by atoms with Crippen LogP contribution in [0.3, 0.4) is 0 Å². The van der Waals surface area contributed by atoms with Gasteiger partial charge in [-0.05, 0) is 12.1 Å². The maximum atomic E-state index is 13.6. The molecule has 1 heterocycles. The monoisotopic (exact) mass is 238 g/mol. The van der Waals surface area contributed by atoms with Gasteiger partial charge in [0, 0.05) is 11.6 Å². The molecule has 17 heavy (non-hydrogen) atoms. The number of aromatic hydroxyl groups is 1. The molecule has 0 saturated carbocycles. The summed E-state index contributed by atoms with van der Waals surface area (Å²) in [5.74, 6) is -2.78. The van der Waals surface area contributed by atoms with E-state index in [2.05, 4.69) is 9.97 Å². The van der Waals surface area contributed by atoms with Crippen LogP contribution in [0.15, 0.2) is 18.2 Å². The number of nitrogens with two attached hydrogens (primary N) is 2. The predicted octanol–water partition coefficient (Wildman–Crippen LogP) is 1.29. The minimum Gasteiger partial charge on any atom is -0.508 e.